The standard InChI is InChI=1S/C17H23ClN2S/c1-3-19-17(14-6-8-15(18)9-7-14)10-11-20(2)13-16-5-4-12-21-16/h4-9,12,17,19H,3,10-11,13H2,1-2H3. The molecule has 0 amide bonds. The summed E-state index contributed by atoms with van der Waals surface area (Å²) in [6.45, 7) is 5.22. The molecular weight excluding hydrogens is 300 g/mol. The molecule has 0 fully saturated rings. The van der Waals surface area contributed by atoms with E-state index in [1.165, 1.54) is 10.4 Å². The number of nitrogens with one attached hydrogen (secondary N) is 1. The predicted molar refractivity (Wildman–Crippen MR) is 93.1 cm³/mol. The fourth-order valence-corrected chi connectivity index (χ4v) is 3.34. The zero-order chi connectivity index (χ0) is 15.1. The summed E-state index contributed by atoms with van der Waals surface area (Å²) in [7, 11) is 2.19. The van der Waals surface area contributed by atoms with E-state index < -0.39 is 0 Å². The number of halogens is 1. The SMILES string of the molecule is CCNC(CCN(C)Cc1cccs1)c1ccc(Cl)cc1. The van der Waals surface area contributed by atoms with Crippen molar-refractivity contribution < 1.29 is 0 Å². The number of nitrogens with zero attached hydrogens (tertiary/aromatic N) is 1. The fourth-order valence-electron chi connectivity index (χ4n) is 2.43. The van der Waals surface area contributed by atoms with Crippen molar-refractivity contribution in [2.24, 2.45) is 0 Å². The average Bonchev–Trinajstić information content (AvgIpc) is 2.97. The van der Waals surface area contributed by atoms with Crippen molar-refractivity contribution >= 4 is 22.9 Å². The lowest BCUT2D eigenvalue weighted by molar-refractivity contribution is 0.303. The van der Waals surface area contributed by atoms with E-state index in [9.17, 15) is 0 Å². The van der Waals surface area contributed by atoms with Gasteiger partial charge < -0.3 is 10.2 Å². The molecule has 1 heterocycles. The molecule has 0 bridgehead atoms. The lowest BCUT2D eigenvalue weighted by atomic mass is 10.0. The second kappa shape index (κ2) is 8.54. The van der Waals surface area contributed by atoms with E-state index in [-0.39, 0.29) is 0 Å². The van der Waals surface area contributed by atoms with Crippen molar-refractivity contribution in [1.82, 2.24) is 10.2 Å². The molecule has 1 N–H and O–H groups in total. The van der Waals surface area contributed by atoms with Crippen molar-refractivity contribution in [3.63, 3.8) is 0 Å². The van der Waals surface area contributed by atoms with Gasteiger partial charge in [0.2, 0.25) is 0 Å². The molecule has 2 rings (SSSR count). The molecule has 0 spiro atoms. The minimum atomic E-state index is 0.387. The summed E-state index contributed by atoms with van der Waals surface area (Å²) in [6, 6.07) is 12.9. The summed E-state index contributed by atoms with van der Waals surface area (Å²) in [5, 5.41) is 6.50. The molecule has 0 aliphatic rings. The van der Waals surface area contributed by atoms with E-state index in [0.717, 1.165) is 31.1 Å². The van der Waals surface area contributed by atoms with Crippen LogP contribution in [0.3, 0.4) is 0 Å². The van der Waals surface area contributed by atoms with E-state index in [2.05, 4.69) is 53.8 Å². The Morgan fingerprint density at radius 2 is 2.00 bits per heavy atom. The molecular formula is C17H23ClN2S. The normalized spacial score (nSPS) is 12.8. The van der Waals surface area contributed by atoms with Crippen LogP contribution in [0.5, 0.6) is 0 Å². The number of hydrogen-bond donors (Lipinski definition) is 1. The van der Waals surface area contributed by atoms with Gasteiger partial charge in [-0.05, 0) is 49.2 Å². The minimum Gasteiger partial charge on any atom is -0.310 e. The maximum Gasteiger partial charge on any atom is 0.0406 e. The third-order valence-corrected chi connectivity index (χ3v) is 4.64. The van der Waals surface area contributed by atoms with E-state index in [1.54, 1.807) is 0 Å². The Morgan fingerprint density at radius 1 is 1.24 bits per heavy atom. The molecule has 114 valence electrons. The Balaban J connectivity index is 1.88. The van der Waals surface area contributed by atoms with Gasteiger partial charge in [-0.2, -0.15) is 0 Å². The highest BCUT2D eigenvalue weighted by molar-refractivity contribution is 7.09. The van der Waals surface area contributed by atoms with Crippen LogP contribution in [0, 0.1) is 0 Å². The van der Waals surface area contributed by atoms with Crippen molar-refractivity contribution in [3.8, 4) is 0 Å². The summed E-state index contributed by atoms with van der Waals surface area (Å²) in [5.41, 5.74) is 1.31. The zero-order valence-electron chi connectivity index (χ0n) is 12.7. The van der Waals surface area contributed by atoms with Crippen molar-refractivity contribution in [2.75, 3.05) is 20.1 Å². The number of benzene rings is 1. The summed E-state index contributed by atoms with van der Waals surface area (Å²) >= 11 is 7.79. The molecule has 2 nitrogen and oxygen atoms in total. The van der Waals surface area contributed by atoms with Crippen LogP contribution in [0.1, 0.15) is 29.8 Å². The van der Waals surface area contributed by atoms with E-state index in [4.69, 9.17) is 11.6 Å². The third kappa shape index (κ3) is 5.44. The van der Waals surface area contributed by atoms with Crippen LogP contribution < -0.4 is 5.32 Å². The summed E-state index contributed by atoms with van der Waals surface area (Å²) < 4.78 is 0. The molecule has 0 aliphatic carbocycles. The molecule has 1 aromatic heterocycles. The van der Waals surface area contributed by atoms with Gasteiger partial charge in [0, 0.05) is 29.0 Å². The lowest BCUT2D eigenvalue weighted by Crippen LogP contribution is -2.27. The molecule has 0 radical (unpaired) electrons. The van der Waals surface area contributed by atoms with Crippen molar-refractivity contribution in [1.29, 1.82) is 0 Å². The average molecular weight is 323 g/mol. The second-order valence-electron chi connectivity index (χ2n) is 5.27. The highest BCUT2D eigenvalue weighted by Crippen LogP contribution is 2.20. The van der Waals surface area contributed by atoms with Crippen molar-refractivity contribution in [3.05, 3.63) is 57.2 Å². The van der Waals surface area contributed by atoms with Crippen LogP contribution in [-0.4, -0.2) is 25.0 Å². The van der Waals surface area contributed by atoms with Gasteiger partial charge >= 0.3 is 0 Å². The Bertz CT molecular complexity index is 510. The molecule has 1 unspecified atom stereocenters. The highest BCUT2D eigenvalue weighted by Gasteiger charge is 2.11. The zero-order valence-corrected chi connectivity index (χ0v) is 14.3. The van der Waals surface area contributed by atoms with Gasteiger partial charge in [0.1, 0.15) is 0 Å². The lowest BCUT2D eigenvalue weighted by Gasteiger charge is -2.22. The van der Waals surface area contributed by atoms with Crippen LogP contribution in [0.25, 0.3) is 0 Å². The first-order chi connectivity index (χ1) is 10.2. The molecule has 0 saturated carbocycles. The number of thiophene rings is 1. The first-order valence-corrected chi connectivity index (χ1v) is 8.64. The van der Waals surface area contributed by atoms with Gasteiger partial charge in [-0.3, -0.25) is 0 Å². The third-order valence-electron chi connectivity index (χ3n) is 3.53. The second-order valence-corrected chi connectivity index (χ2v) is 6.74. The van der Waals surface area contributed by atoms with Gasteiger partial charge in [0.05, 0.1) is 0 Å². The quantitative estimate of drug-likeness (QED) is 0.765. The summed E-state index contributed by atoms with van der Waals surface area (Å²) in [4.78, 5) is 3.80. The Morgan fingerprint density at radius 3 is 2.62 bits per heavy atom. The Labute approximate surface area is 136 Å². The van der Waals surface area contributed by atoms with E-state index in [0.29, 0.717) is 6.04 Å². The summed E-state index contributed by atoms with van der Waals surface area (Å²) in [6.07, 6.45) is 1.09. The molecule has 21 heavy (non-hydrogen) atoms. The van der Waals surface area contributed by atoms with E-state index >= 15 is 0 Å². The molecule has 1 aromatic carbocycles. The molecule has 4 heteroatoms. The van der Waals surface area contributed by atoms with Gasteiger partial charge in [0.25, 0.3) is 0 Å². The van der Waals surface area contributed by atoms with Gasteiger partial charge in [0.15, 0.2) is 0 Å². The van der Waals surface area contributed by atoms with Gasteiger partial charge in [-0.25, -0.2) is 0 Å². The van der Waals surface area contributed by atoms with Gasteiger partial charge in [-0.1, -0.05) is 36.7 Å². The molecule has 0 aliphatic heterocycles. The smallest absolute Gasteiger partial charge is 0.0406 e. The first-order valence-electron chi connectivity index (χ1n) is 7.38. The topological polar surface area (TPSA) is 15.3 Å². The predicted octanol–water partition coefficient (Wildman–Crippen LogP) is 4.57. The Hall–Kier alpha value is -0.870. The number of hydrogen-bond acceptors (Lipinski definition) is 3. The largest absolute Gasteiger partial charge is 0.310 e. The molecule has 1 atom stereocenters. The monoisotopic (exact) mass is 322 g/mol. The first kappa shape index (κ1) is 16.5. The van der Waals surface area contributed by atoms with Gasteiger partial charge in [-0.15, -0.1) is 11.3 Å². The minimum absolute atomic E-state index is 0.387. The van der Waals surface area contributed by atoms with Crippen LogP contribution in [-0.2, 0) is 6.54 Å². The molecule has 2 aromatic rings. The molecule has 0 saturated heterocycles. The number of rotatable bonds is 8. The van der Waals surface area contributed by atoms with Crippen LogP contribution in [0.15, 0.2) is 41.8 Å². The maximum atomic E-state index is 5.97. The van der Waals surface area contributed by atoms with Crippen molar-refractivity contribution in [2.45, 2.75) is 25.9 Å². The van der Waals surface area contributed by atoms with Crippen LogP contribution in [0.2, 0.25) is 5.02 Å². The maximum absolute atomic E-state index is 5.97. The van der Waals surface area contributed by atoms with Crippen LogP contribution in [0.4, 0.5) is 0 Å². The highest BCUT2D eigenvalue weighted by atomic mass is 35.5. The summed E-state index contributed by atoms with van der Waals surface area (Å²) in [5.74, 6) is 0. The Kier molecular flexibility index (Phi) is 6.71. The van der Waals surface area contributed by atoms with Crippen LogP contribution >= 0.6 is 22.9 Å². The fraction of sp³-hybridized carbons (Fsp3) is 0.412. The van der Waals surface area contributed by atoms with E-state index in [1.807, 2.05) is 23.5 Å².